The highest BCUT2D eigenvalue weighted by Gasteiger charge is 2.65. The highest BCUT2D eigenvalue weighted by Crippen LogP contribution is 2.55. The maximum absolute atomic E-state index is 13.3. The summed E-state index contributed by atoms with van der Waals surface area (Å²) >= 11 is 5.94. The molecule has 5 nitrogen and oxygen atoms in total. The lowest BCUT2D eigenvalue weighted by Crippen LogP contribution is -2.54. The Morgan fingerprint density at radius 2 is 2.00 bits per heavy atom. The maximum atomic E-state index is 13.3. The first kappa shape index (κ1) is 18.6. The van der Waals surface area contributed by atoms with E-state index in [9.17, 15) is 9.59 Å². The Morgan fingerprint density at radius 3 is 2.83 bits per heavy atom. The van der Waals surface area contributed by atoms with Gasteiger partial charge in [0.2, 0.25) is 11.8 Å². The Bertz CT molecular complexity index is 961. The number of anilines is 1. The molecule has 3 unspecified atom stereocenters. The summed E-state index contributed by atoms with van der Waals surface area (Å²) in [4.78, 5) is 28.9. The van der Waals surface area contributed by atoms with Gasteiger partial charge in [-0.05, 0) is 56.0 Å². The van der Waals surface area contributed by atoms with Crippen molar-refractivity contribution in [3.05, 3.63) is 64.7 Å². The number of nitrogens with zero attached hydrogens (tertiary/aromatic N) is 1. The highest BCUT2D eigenvalue weighted by atomic mass is 35.5. The van der Waals surface area contributed by atoms with E-state index in [4.69, 9.17) is 11.6 Å². The number of halogens is 1. The molecular weight excluding hydrogens is 386 g/mol. The number of nitrogens with one attached hydrogen (secondary N) is 2. The minimum Gasteiger partial charge on any atom is -0.355 e. The Hall–Kier alpha value is -2.37. The van der Waals surface area contributed by atoms with Crippen molar-refractivity contribution in [3.63, 3.8) is 0 Å². The average molecular weight is 410 g/mol. The Labute approximate surface area is 175 Å². The van der Waals surface area contributed by atoms with E-state index in [0.29, 0.717) is 17.6 Å². The zero-order valence-corrected chi connectivity index (χ0v) is 16.9. The van der Waals surface area contributed by atoms with Gasteiger partial charge in [0.05, 0.1) is 5.92 Å². The molecule has 29 heavy (non-hydrogen) atoms. The summed E-state index contributed by atoms with van der Waals surface area (Å²) < 4.78 is 0. The second-order valence-electron chi connectivity index (χ2n) is 8.21. The summed E-state index contributed by atoms with van der Waals surface area (Å²) in [5, 5.41) is 6.85. The quantitative estimate of drug-likeness (QED) is 0.814. The van der Waals surface area contributed by atoms with Crippen LogP contribution in [0.5, 0.6) is 0 Å². The third-order valence-corrected chi connectivity index (χ3v) is 6.97. The summed E-state index contributed by atoms with van der Waals surface area (Å²) in [7, 11) is 0. The van der Waals surface area contributed by atoms with Crippen molar-refractivity contribution in [2.45, 2.75) is 37.3 Å². The van der Waals surface area contributed by atoms with Gasteiger partial charge in [0, 0.05) is 28.9 Å². The molecule has 0 bridgehead atoms. The van der Waals surface area contributed by atoms with Gasteiger partial charge in [-0.15, -0.1) is 0 Å². The van der Waals surface area contributed by atoms with Crippen LogP contribution < -0.4 is 10.6 Å². The average Bonchev–Trinajstić information content (AvgIpc) is 3.38. The third kappa shape index (κ3) is 2.87. The molecular formula is C23H24ClN3O2. The second kappa shape index (κ2) is 7.15. The molecule has 3 heterocycles. The van der Waals surface area contributed by atoms with Crippen molar-refractivity contribution in [1.82, 2.24) is 10.2 Å². The van der Waals surface area contributed by atoms with Crippen LogP contribution in [0.1, 0.15) is 30.4 Å². The van der Waals surface area contributed by atoms with Crippen LogP contribution in [0.3, 0.4) is 0 Å². The fourth-order valence-electron chi connectivity index (χ4n) is 5.48. The Balaban J connectivity index is 1.39. The topological polar surface area (TPSA) is 61.4 Å². The lowest BCUT2D eigenvalue weighted by molar-refractivity contribution is -0.137. The molecule has 150 valence electrons. The van der Waals surface area contributed by atoms with Gasteiger partial charge < -0.3 is 10.6 Å². The molecule has 0 aliphatic carbocycles. The van der Waals surface area contributed by atoms with Crippen LogP contribution in [-0.2, 0) is 21.5 Å². The number of amides is 2. The molecule has 2 aromatic rings. The molecule has 2 amide bonds. The standard InChI is InChI=1S/C23H24ClN3O2/c24-16-9-7-15(8-10-16)11-12-25-21(28)19-14-17-4-3-13-27(17)23(19)18-5-1-2-6-20(18)26-22(23)29/h1-2,5-10,17,19H,3-4,11-14H2,(H,25,28)(H,26,29). The van der Waals surface area contributed by atoms with Gasteiger partial charge in [-0.3, -0.25) is 14.5 Å². The van der Waals surface area contributed by atoms with Crippen molar-refractivity contribution in [3.8, 4) is 0 Å². The van der Waals surface area contributed by atoms with E-state index in [1.165, 1.54) is 0 Å². The first-order valence-electron chi connectivity index (χ1n) is 10.3. The molecule has 2 aromatic carbocycles. The summed E-state index contributed by atoms with van der Waals surface area (Å²) in [5.74, 6) is -0.456. The van der Waals surface area contributed by atoms with Crippen LogP contribution in [0, 0.1) is 5.92 Å². The lowest BCUT2D eigenvalue weighted by Gasteiger charge is -2.36. The lowest BCUT2D eigenvalue weighted by atomic mass is 9.78. The van der Waals surface area contributed by atoms with Crippen molar-refractivity contribution in [2.24, 2.45) is 5.92 Å². The maximum Gasteiger partial charge on any atom is 0.250 e. The van der Waals surface area contributed by atoms with E-state index in [1.54, 1.807) is 0 Å². The van der Waals surface area contributed by atoms with E-state index in [-0.39, 0.29) is 17.7 Å². The number of fused-ring (bicyclic) bond motifs is 4. The van der Waals surface area contributed by atoms with Gasteiger partial charge >= 0.3 is 0 Å². The van der Waals surface area contributed by atoms with Crippen LogP contribution in [0.4, 0.5) is 5.69 Å². The van der Waals surface area contributed by atoms with Crippen molar-refractivity contribution in [1.29, 1.82) is 0 Å². The molecule has 2 N–H and O–H groups in total. The summed E-state index contributed by atoms with van der Waals surface area (Å²) in [6.45, 7) is 1.40. The normalized spacial score (nSPS) is 27.7. The highest BCUT2D eigenvalue weighted by molar-refractivity contribution is 6.30. The molecule has 2 saturated heterocycles. The number of benzene rings is 2. The number of carbonyl (C=O) groups is 2. The number of hydrogen-bond acceptors (Lipinski definition) is 3. The largest absolute Gasteiger partial charge is 0.355 e. The molecule has 3 aliphatic heterocycles. The van der Waals surface area contributed by atoms with E-state index >= 15 is 0 Å². The van der Waals surface area contributed by atoms with E-state index in [0.717, 1.165) is 49.0 Å². The summed E-state index contributed by atoms with van der Waals surface area (Å²) in [6, 6.07) is 15.8. The fourth-order valence-corrected chi connectivity index (χ4v) is 5.61. The van der Waals surface area contributed by atoms with Crippen LogP contribution in [0.2, 0.25) is 5.02 Å². The zero-order valence-electron chi connectivity index (χ0n) is 16.2. The van der Waals surface area contributed by atoms with Crippen LogP contribution in [0.25, 0.3) is 0 Å². The first-order chi connectivity index (χ1) is 14.1. The van der Waals surface area contributed by atoms with Gasteiger partial charge in [-0.2, -0.15) is 0 Å². The Kier molecular flexibility index (Phi) is 4.60. The van der Waals surface area contributed by atoms with Gasteiger partial charge in [0.15, 0.2) is 0 Å². The smallest absolute Gasteiger partial charge is 0.250 e. The van der Waals surface area contributed by atoms with Gasteiger partial charge in [-0.1, -0.05) is 41.9 Å². The van der Waals surface area contributed by atoms with E-state index < -0.39 is 5.54 Å². The number of carbonyl (C=O) groups excluding carboxylic acids is 2. The van der Waals surface area contributed by atoms with E-state index in [1.807, 2.05) is 48.5 Å². The molecule has 0 radical (unpaired) electrons. The molecule has 6 heteroatoms. The first-order valence-corrected chi connectivity index (χ1v) is 10.7. The van der Waals surface area contributed by atoms with Gasteiger partial charge in [-0.25, -0.2) is 0 Å². The predicted octanol–water partition coefficient (Wildman–Crippen LogP) is 3.33. The molecule has 2 fully saturated rings. The Morgan fingerprint density at radius 1 is 1.21 bits per heavy atom. The molecule has 3 atom stereocenters. The molecule has 5 rings (SSSR count). The fraction of sp³-hybridized carbons (Fsp3) is 0.391. The van der Waals surface area contributed by atoms with Crippen molar-refractivity contribution < 1.29 is 9.59 Å². The minimum absolute atomic E-state index is 0.0276. The zero-order chi connectivity index (χ0) is 20.0. The summed E-state index contributed by atoms with van der Waals surface area (Å²) in [5.41, 5.74) is 2.04. The predicted molar refractivity (Wildman–Crippen MR) is 113 cm³/mol. The monoisotopic (exact) mass is 409 g/mol. The van der Waals surface area contributed by atoms with Gasteiger partial charge in [0.1, 0.15) is 5.54 Å². The van der Waals surface area contributed by atoms with Crippen LogP contribution >= 0.6 is 11.6 Å². The minimum atomic E-state index is -0.873. The molecule has 1 spiro atoms. The van der Waals surface area contributed by atoms with Gasteiger partial charge in [0.25, 0.3) is 0 Å². The molecule has 0 aromatic heterocycles. The molecule has 0 saturated carbocycles. The van der Waals surface area contributed by atoms with Crippen molar-refractivity contribution in [2.75, 3.05) is 18.4 Å². The van der Waals surface area contributed by atoms with E-state index in [2.05, 4.69) is 15.5 Å². The molecule has 3 aliphatic rings. The van der Waals surface area contributed by atoms with Crippen LogP contribution in [0.15, 0.2) is 48.5 Å². The second-order valence-corrected chi connectivity index (χ2v) is 8.65. The number of para-hydroxylation sites is 1. The van der Waals surface area contributed by atoms with Crippen LogP contribution in [-0.4, -0.2) is 35.8 Å². The van der Waals surface area contributed by atoms with Crippen molar-refractivity contribution >= 4 is 29.1 Å². The number of hydrogen-bond donors (Lipinski definition) is 2. The summed E-state index contributed by atoms with van der Waals surface area (Å²) in [6.07, 6.45) is 3.59. The number of rotatable bonds is 4. The third-order valence-electron chi connectivity index (χ3n) is 6.72. The SMILES string of the molecule is O=C(NCCc1ccc(Cl)cc1)C1CC2CCCN2C12C(=O)Nc1ccccc12.